The number of carbonyl (C=O) groups is 1. The number of fused-ring (bicyclic) bond motifs is 1. The molecule has 2 N–H and O–H groups in total. The third-order valence-electron chi connectivity index (χ3n) is 4.98. The topological polar surface area (TPSA) is 85.4 Å². The molecule has 1 fully saturated rings. The number of amides is 1. The minimum atomic E-state index is -0.331. The van der Waals surface area contributed by atoms with Crippen LogP contribution in [0.25, 0.3) is 10.9 Å². The van der Waals surface area contributed by atoms with E-state index in [4.69, 9.17) is 21.1 Å². The van der Waals surface area contributed by atoms with Crippen molar-refractivity contribution in [2.75, 3.05) is 18.5 Å². The van der Waals surface area contributed by atoms with Gasteiger partial charge >= 0.3 is 0 Å². The van der Waals surface area contributed by atoms with Gasteiger partial charge in [0.25, 0.3) is 5.91 Å². The van der Waals surface area contributed by atoms with Crippen molar-refractivity contribution in [1.82, 2.24) is 15.3 Å². The van der Waals surface area contributed by atoms with Crippen molar-refractivity contribution >= 4 is 34.2 Å². The molecule has 8 heteroatoms. The number of nitrogens with zero attached hydrogens (tertiary/aromatic N) is 2. The Hall–Kier alpha value is -2.54. The maximum atomic E-state index is 12.4. The molecule has 1 amide bonds. The molecule has 148 valence electrons. The van der Waals surface area contributed by atoms with Gasteiger partial charge in [-0.05, 0) is 38.0 Å². The summed E-state index contributed by atoms with van der Waals surface area (Å²) in [6, 6.07) is 5.95. The zero-order chi connectivity index (χ0) is 19.5. The molecule has 1 aromatic heterocycles. The van der Waals surface area contributed by atoms with Crippen molar-refractivity contribution in [2.45, 2.75) is 45.2 Å². The van der Waals surface area contributed by atoms with Crippen molar-refractivity contribution in [3.63, 3.8) is 0 Å². The first kappa shape index (κ1) is 18.8. The van der Waals surface area contributed by atoms with Gasteiger partial charge in [-0.15, -0.1) is 0 Å². The van der Waals surface area contributed by atoms with Crippen molar-refractivity contribution in [3.8, 4) is 0 Å². The van der Waals surface area contributed by atoms with E-state index in [1.165, 1.54) is 12.8 Å². The van der Waals surface area contributed by atoms with Crippen LogP contribution in [0.4, 0.5) is 5.82 Å². The van der Waals surface area contributed by atoms with Crippen molar-refractivity contribution in [3.05, 3.63) is 40.6 Å². The molecule has 1 aliphatic heterocycles. The van der Waals surface area contributed by atoms with E-state index in [0.29, 0.717) is 35.9 Å². The van der Waals surface area contributed by atoms with E-state index in [2.05, 4.69) is 20.6 Å². The number of hydrogen-bond acceptors (Lipinski definition) is 6. The summed E-state index contributed by atoms with van der Waals surface area (Å²) in [5.74, 6) is 1.65. The van der Waals surface area contributed by atoms with Crippen LogP contribution in [0.3, 0.4) is 0 Å². The Bertz CT molecular complexity index is 925. The number of nitrogens with one attached hydrogen (secondary N) is 2. The smallest absolute Gasteiger partial charge is 0.290 e. The molecule has 28 heavy (non-hydrogen) atoms. The monoisotopic (exact) mass is 402 g/mol. The Morgan fingerprint density at radius 3 is 2.79 bits per heavy atom. The third kappa shape index (κ3) is 4.14. The van der Waals surface area contributed by atoms with Crippen molar-refractivity contribution in [2.24, 2.45) is 0 Å². The van der Waals surface area contributed by atoms with Gasteiger partial charge in [0.05, 0.1) is 12.1 Å². The van der Waals surface area contributed by atoms with Crippen LogP contribution in [-0.4, -0.2) is 35.1 Å². The summed E-state index contributed by atoms with van der Waals surface area (Å²) in [5, 5.41) is 7.88. The van der Waals surface area contributed by atoms with E-state index >= 15 is 0 Å². The van der Waals surface area contributed by atoms with E-state index in [1.54, 1.807) is 13.0 Å². The molecule has 1 saturated carbocycles. The lowest BCUT2D eigenvalue weighted by molar-refractivity contribution is -0.122. The molecule has 2 aromatic rings. The van der Waals surface area contributed by atoms with Gasteiger partial charge in [0.15, 0.2) is 5.82 Å². The first-order valence-electron chi connectivity index (χ1n) is 9.57. The average molecular weight is 403 g/mol. The number of aromatic nitrogens is 2. The fraction of sp³-hybridized carbons (Fsp3) is 0.450. The molecular formula is C20H23ClN4O3. The second-order valence-electron chi connectivity index (χ2n) is 7.04. The quantitative estimate of drug-likeness (QED) is 0.795. The third-order valence-corrected chi connectivity index (χ3v) is 5.22. The Morgan fingerprint density at radius 1 is 1.21 bits per heavy atom. The standard InChI is InChI=1S/C20H23ClN4O3/c1-12-18(28-9-8-27-12)20(26)22-11-17-24-16-7-6-13(21)10-15(16)19(25-17)23-14-4-2-3-5-14/h6-7,10,14H,2-5,8-9,11H2,1H3,(H,22,26)(H,23,24,25). The number of carbonyl (C=O) groups excluding carboxylic acids is 1. The molecule has 0 bridgehead atoms. The highest BCUT2D eigenvalue weighted by molar-refractivity contribution is 6.31. The number of anilines is 1. The lowest BCUT2D eigenvalue weighted by atomic mass is 10.2. The molecule has 0 spiro atoms. The van der Waals surface area contributed by atoms with Gasteiger partial charge in [-0.2, -0.15) is 0 Å². The Balaban J connectivity index is 1.56. The molecule has 1 aliphatic carbocycles. The van der Waals surface area contributed by atoms with Crippen LogP contribution >= 0.6 is 11.6 Å². The first-order valence-corrected chi connectivity index (χ1v) is 9.95. The minimum absolute atomic E-state index is 0.191. The highest BCUT2D eigenvalue weighted by Crippen LogP contribution is 2.28. The van der Waals surface area contributed by atoms with Crippen LogP contribution in [0.1, 0.15) is 38.4 Å². The summed E-state index contributed by atoms with van der Waals surface area (Å²) in [6.45, 7) is 2.72. The lowest BCUT2D eigenvalue weighted by Crippen LogP contribution is -2.30. The Morgan fingerprint density at radius 2 is 2.00 bits per heavy atom. The largest absolute Gasteiger partial charge is 0.491 e. The summed E-state index contributed by atoms with van der Waals surface area (Å²) in [5.41, 5.74) is 0.789. The van der Waals surface area contributed by atoms with E-state index in [0.717, 1.165) is 29.6 Å². The molecule has 1 aromatic carbocycles. The molecule has 7 nitrogen and oxygen atoms in total. The zero-order valence-electron chi connectivity index (χ0n) is 15.8. The predicted octanol–water partition coefficient (Wildman–Crippen LogP) is 3.53. The molecular weight excluding hydrogens is 380 g/mol. The second-order valence-corrected chi connectivity index (χ2v) is 7.48. The molecule has 0 unspecified atom stereocenters. The van der Waals surface area contributed by atoms with E-state index < -0.39 is 0 Å². The van der Waals surface area contributed by atoms with Crippen molar-refractivity contribution < 1.29 is 14.3 Å². The molecule has 4 rings (SSSR count). The predicted molar refractivity (Wildman–Crippen MR) is 107 cm³/mol. The Labute approximate surface area is 168 Å². The van der Waals surface area contributed by atoms with Crippen LogP contribution in [0.2, 0.25) is 5.02 Å². The van der Waals surface area contributed by atoms with E-state index in [-0.39, 0.29) is 18.2 Å². The SMILES string of the molecule is CC1=C(C(=O)NCc2nc(NC3CCCC3)c3cc(Cl)ccc3n2)OCCO1. The number of ether oxygens (including phenoxy) is 2. The van der Waals surface area contributed by atoms with Crippen LogP contribution in [0, 0.1) is 0 Å². The lowest BCUT2D eigenvalue weighted by Gasteiger charge is -2.19. The minimum Gasteiger partial charge on any atom is -0.491 e. The highest BCUT2D eigenvalue weighted by Gasteiger charge is 2.21. The van der Waals surface area contributed by atoms with Crippen LogP contribution in [0.15, 0.2) is 29.7 Å². The molecule has 2 heterocycles. The molecule has 2 aliphatic rings. The van der Waals surface area contributed by atoms with Gasteiger partial charge in [-0.3, -0.25) is 4.79 Å². The number of rotatable bonds is 5. The maximum absolute atomic E-state index is 12.4. The van der Waals surface area contributed by atoms with Gasteiger partial charge < -0.3 is 20.1 Å². The Kier molecular flexibility index (Phi) is 5.52. The summed E-state index contributed by atoms with van der Waals surface area (Å²) < 4.78 is 10.8. The maximum Gasteiger partial charge on any atom is 0.290 e. The highest BCUT2D eigenvalue weighted by atomic mass is 35.5. The number of benzene rings is 1. The fourth-order valence-corrected chi connectivity index (χ4v) is 3.74. The van der Waals surface area contributed by atoms with Gasteiger partial charge in [-0.25, -0.2) is 9.97 Å². The number of halogens is 1. The molecule has 0 atom stereocenters. The van der Waals surface area contributed by atoms with Crippen LogP contribution < -0.4 is 10.6 Å². The zero-order valence-corrected chi connectivity index (χ0v) is 16.5. The fourth-order valence-electron chi connectivity index (χ4n) is 3.57. The van der Waals surface area contributed by atoms with Gasteiger partial charge in [-0.1, -0.05) is 24.4 Å². The number of allylic oxidation sites excluding steroid dienone is 1. The van der Waals surface area contributed by atoms with Crippen molar-refractivity contribution in [1.29, 1.82) is 0 Å². The summed E-state index contributed by atoms with van der Waals surface area (Å²) in [6.07, 6.45) is 4.70. The molecule has 0 saturated heterocycles. The van der Waals surface area contributed by atoms with E-state index in [9.17, 15) is 4.79 Å². The van der Waals surface area contributed by atoms with Gasteiger partial charge in [0.2, 0.25) is 5.76 Å². The normalized spacial score (nSPS) is 17.4. The van der Waals surface area contributed by atoms with Gasteiger partial charge in [0.1, 0.15) is 24.8 Å². The van der Waals surface area contributed by atoms with Crippen LogP contribution in [-0.2, 0) is 20.8 Å². The number of hydrogen-bond donors (Lipinski definition) is 2. The molecule has 0 radical (unpaired) electrons. The summed E-state index contributed by atoms with van der Waals surface area (Å²) in [4.78, 5) is 21.6. The first-order chi connectivity index (χ1) is 13.6. The van der Waals surface area contributed by atoms with E-state index in [1.807, 2.05) is 12.1 Å². The second kappa shape index (κ2) is 8.22. The summed E-state index contributed by atoms with van der Waals surface area (Å²) >= 11 is 6.18. The average Bonchev–Trinajstić information content (AvgIpc) is 3.20. The van der Waals surface area contributed by atoms with Crippen LogP contribution in [0.5, 0.6) is 0 Å². The van der Waals surface area contributed by atoms with Gasteiger partial charge in [0, 0.05) is 16.5 Å². The summed E-state index contributed by atoms with van der Waals surface area (Å²) in [7, 11) is 0.